The molecule has 0 unspecified atom stereocenters. The van der Waals surface area contributed by atoms with Crippen LogP contribution in [0.4, 0.5) is 10.2 Å². The maximum absolute atomic E-state index is 12.3. The molecule has 132 valence electrons. The Balaban J connectivity index is 1.74. The van der Waals surface area contributed by atoms with E-state index >= 15 is 0 Å². The third kappa shape index (κ3) is 4.15. The van der Waals surface area contributed by atoms with E-state index in [4.69, 9.17) is 10.4 Å². The molecule has 3 nitrogen and oxygen atoms in total. The van der Waals surface area contributed by atoms with Gasteiger partial charge < -0.3 is 10.3 Å². The highest BCUT2D eigenvalue weighted by molar-refractivity contribution is 7.19. The van der Waals surface area contributed by atoms with E-state index in [1.165, 1.54) is 6.21 Å². The lowest BCUT2D eigenvalue weighted by molar-refractivity contribution is 0.346. The number of thiophene rings is 1. The van der Waals surface area contributed by atoms with Crippen LogP contribution < -0.4 is 4.90 Å². The Kier molecular flexibility index (Phi) is 5.97. The Morgan fingerprint density at radius 3 is 2.88 bits per heavy atom. The van der Waals surface area contributed by atoms with Crippen LogP contribution in [0, 0.1) is 11.3 Å². The molecule has 0 aliphatic carbocycles. The zero-order valence-electron chi connectivity index (χ0n) is 14.4. The van der Waals surface area contributed by atoms with E-state index in [9.17, 15) is 4.39 Å². The van der Waals surface area contributed by atoms with Gasteiger partial charge in [0.25, 0.3) is 0 Å². The van der Waals surface area contributed by atoms with Gasteiger partial charge in [-0.15, -0.1) is 11.3 Å². The summed E-state index contributed by atoms with van der Waals surface area (Å²) < 4.78 is 12.3. The molecule has 1 aliphatic rings. The smallest absolute Gasteiger partial charge is 0.130 e. The number of aromatic nitrogens is 1. The molecule has 0 aromatic carbocycles. The predicted molar refractivity (Wildman–Crippen MR) is 107 cm³/mol. The lowest BCUT2D eigenvalue weighted by atomic mass is 9.92. The first-order chi connectivity index (χ1) is 12.2. The number of anilines is 1. The van der Waals surface area contributed by atoms with Gasteiger partial charge in [0.2, 0.25) is 0 Å². The quantitative estimate of drug-likeness (QED) is 0.526. The number of hydrogen-bond acceptors (Lipinski definition) is 4. The molecule has 3 heterocycles. The monoisotopic (exact) mass is 357 g/mol. The zero-order valence-corrected chi connectivity index (χ0v) is 15.2. The van der Waals surface area contributed by atoms with E-state index in [2.05, 4.69) is 29.7 Å². The molecule has 3 rings (SSSR count). The van der Waals surface area contributed by atoms with Gasteiger partial charge in [-0.3, -0.25) is 4.39 Å². The first kappa shape index (κ1) is 17.8. The highest BCUT2D eigenvalue weighted by atomic mass is 32.1. The molecular weight excluding hydrogens is 333 g/mol. The third-order valence-electron chi connectivity index (χ3n) is 4.79. The SMILES string of the molecule is C=C/C=C(\C=N)c1cc2ccc(N3CCC(CCCF)CC3)nc2s1. The van der Waals surface area contributed by atoms with Crippen molar-refractivity contribution in [3.8, 4) is 0 Å². The molecule has 1 fully saturated rings. The van der Waals surface area contributed by atoms with Gasteiger partial charge in [0.05, 0.1) is 6.67 Å². The predicted octanol–water partition coefficient (Wildman–Crippen LogP) is 5.48. The molecule has 0 spiro atoms. The summed E-state index contributed by atoms with van der Waals surface area (Å²) in [6, 6.07) is 6.28. The van der Waals surface area contributed by atoms with E-state index in [1.807, 2.05) is 6.08 Å². The van der Waals surface area contributed by atoms with Crippen molar-refractivity contribution in [1.29, 1.82) is 5.41 Å². The summed E-state index contributed by atoms with van der Waals surface area (Å²) in [6.45, 7) is 5.50. The topological polar surface area (TPSA) is 40.0 Å². The van der Waals surface area contributed by atoms with E-state index in [1.54, 1.807) is 17.4 Å². The second-order valence-corrected chi connectivity index (χ2v) is 7.47. The van der Waals surface area contributed by atoms with E-state index in [0.717, 1.165) is 58.8 Å². The number of alkyl halides is 1. The average molecular weight is 357 g/mol. The van der Waals surface area contributed by atoms with Gasteiger partial charge in [0.15, 0.2) is 0 Å². The summed E-state index contributed by atoms with van der Waals surface area (Å²) in [7, 11) is 0. The summed E-state index contributed by atoms with van der Waals surface area (Å²) in [5, 5.41) is 8.67. The van der Waals surface area contributed by atoms with E-state index in [0.29, 0.717) is 12.3 Å². The zero-order chi connectivity index (χ0) is 17.6. The fourth-order valence-electron chi connectivity index (χ4n) is 3.37. The second kappa shape index (κ2) is 8.39. The van der Waals surface area contributed by atoms with Crippen LogP contribution in [-0.2, 0) is 0 Å². The summed E-state index contributed by atoms with van der Waals surface area (Å²) in [5.41, 5.74) is 0.855. The first-order valence-electron chi connectivity index (χ1n) is 8.80. The van der Waals surface area contributed by atoms with Gasteiger partial charge in [-0.2, -0.15) is 0 Å². The molecule has 1 aliphatic heterocycles. The van der Waals surface area contributed by atoms with Crippen LogP contribution in [0.3, 0.4) is 0 Å². The van der Waals surface area contributed by atoms with Gasteiger partial charge >= 0.3 is 0 Å². The fraction of sp³-hybridized carbons (Fsp3) is 0.400. The molecular formula is C20H24FN3S. The Hall–Kier alpha value is -2.01. The molecule has 0 saturated carbocycles. The minimum Gasteiger partial charge on any atom is -0.357 e. The number of hydrogen-bond donors (Lipinski definition) is 1. The number of pyridine rings is 1. The number of fused-ring (bicyclic) bond motifs is 1. The lowest BCUT2D eigenvalue weighted by Gasteiger charge is -2.32. The van der Waals surface area contributed by atoms with Crippen molar-refractivity contribution >= 4 is 39.2 Å². The highest BCUT2D eigenvalue weighted by Crippen LogP contribution is 2.32. The van der Waals surface area contributed by atoms with Crippen LogP contribution >= 0.6 is 11.3 Å². The first-order valence-corrected chi connectivity index (χ1v) is 9.62. The normalized spacial score (nSPS) is 16.4. The number of allylic oxidation sites excluding steroid dienone is 3. The van der Waals surface area contributed by atoms with Crippen LogP contribution in [0.1, 0.15) is 30.6 Å². The van der Waals surface area contributed by atoms with Crippen molar-refractivity contribution in [2.75, 3.05) is 24.7 Å². The third-order valence-corrected chi connectivity index (χ3v) is 5.88. The summed E-state index contributed by atoms with van der Waals surface area (Å²) >= 11 is 1.61. The van der Waals surface area contributed by atoms with Crippen molar-refractivity contribution in [2.45, 2.75) is 25.7 Å². The minimum absolute atomic E-state index is 0.197. The molecule has 5 heteroatoms. The maximum atomic E-state index is 12.3. The highest BCUT2D eigenvalue weighted by Gasteiger charge is 2.20. The number of nitrogens with one attached hydrogen (secondary N) is 1. The molecule has 1 N–H and O–H groups in total. The molecule has 0 radical (unpaired) electrons. The average Bonchev–Trinajstić information content (AvgIpc) is 3.07. The van der Waals surface area contributed by atoms with Gasteiger partial charge in [-0.1, -0.05) is 18.7 Å². The largest absolute Gasteiger partial charge is 0.357 e. The number of halogens is 1. The van der Waals surface area contributed by atoms with E-state index < -0.39 is 0 Å². The minimum atomic E-state index is -0.197. The molecule has 0 amide bonds. The molecule has 25 heavy (non-hydrogen) atoms. The molecule has 1 saturated heterocycles. The van der Waals surface area contributed by atoms with Gasteiger partial charge in [-0.25, -0.2) is 4.98 Å². The Morgan fingerprint density at radius 1 is 1.40 bits per heavy atom. The summed E-state index contributed by atoms with van der Waals surface area (Å²) in [6.07, 6.45) is 8.85. The molecule has 0 bridgehead atoms. The fourth-order valence-corrected chi connectivity index (χ4v) is 4.39. The van der Waals surface area contributed by atoms with Crippen molar-refractivity contribution in [1.82, 2.24) is 4.98 Å². The standard InChI is InChI=1S/C20H24FN3S/c1-2-4-17(14-22)18-13-16-6-7-19(23-20(16)25-18)24-11-8-15(9-12-24)5-3-10-21/h2,4,6-7,13-15,22H,1,3,5,8-12H2/b17-4+,22-14?. The van der Waals surface area contributed by atoms with E-state index in [-0.39, 0.29) is 6.67 Å². The summed E-state index contributed by atoms with van der Waals surface area (Å²) in [5.74, 6) is 1.68. The Labute approximate surface area is 152 Å². The van der Waals surface area contributed by atoms with Crippen LogP contribution in [0.25, 0.3) is 15.8 Å². The van der Waals surface area contributed by atoms with Gasteiger partial charge in [-0.05, 0) is 49.8 Å². The Morgan fingerprint density at radius 2 is 2.20 bits per heavy atom. The lowest BCUT2D eigenvalue weighted by Crippen LogP contribution is -2.34. The number of nitrogens with zero attached hydrogens (tertiary/aromatic N) is 2. The second-order valence-electron chi connectivity index (χ2n) is 6.44. The maximum Gasteiger partial charge on any atom is 0.130 e. The Bertz CT molecular complexity index is 772. The summed E-state index contributed by atoms with van der Waals surface area (Å²) in [4.78, 5) is 9.22. The number of piperidine rings is 1. The van der Waals surface area contributed by atoms with Crippen LogP contribution in [0.2, 0.25) is 0 Å². The van der Waals surface area contributed by atoms with Crippen molar-refractivity contribution in [3.63, 3.8) is 0 Å². The van der Waals surface area contributed by atoms with Gasteiger partial charge in [0, 0.05) is 35.1 Å². The van der Waals surface area contributed by atoms with Crippen molar-refractivity contribution in [2.24, 2.45) is 5.92 Å². The molecule has 2 aromatic rings. The van der Waals surface area contributed by atoms with Crippen molar-refractivity contribution in [3.05, 3.63) is 41.8 Å². The molecule has 2 aromatic heterocycles. The number of rotatable bonds is 7. The molecule has 0 atom stereocenters. The van der Waals surface area contributed by atoms with Crippen LogP contribution in [0.15, 0.2) is 36.9 Å². The van der Waals surface area contributed by atoms with Gasteiger partial charge in [0.1, 0.15) is 10.6 Å². The van der Waals surface area contributed by atoms with Crippen molar-refractivity contribution < 1.29 is 4.39 Å². The van der Waals surface area contributed by atoms with Crippen LogP contribution in [0.5, 0.6) is 0 Å². The van der Waals surface area contributed by atoms with Crippen LogP contribution in [-0.4, -0.2) is 31.0 Å².